The van der Waals surface area contributed by atoms with Gasteiger partial charge < -0.3 is 18.9 Å². The fourth-order valence-electron chi connectivity index (χ4n) is 3.94. The van der Waals surface area contributed by atoms with Crippen molar-refractivity contribution >= 4 is 29.6 Å². The number of ether oxygens (including phenoxy) is 1. The molecular weight excluding hydrogens is 373 g/mol. The second-order valence-electron chi connectivity index (χ2n) is 9.06. The first-order valence-electron chi connectivity index (χ1n) is 10.4. The third-order valence-electron chi connectivity index (χ3n) is 6.34. The summed E-state index contributed by atoms with van der Waals surface area (Å²) in [5.74, 6) is 1.62. The number of nitrogens with zero attached hydrogens (tertiary/aromatic N) is 1. The van der Waals surface area contributed by atoms with Gasteiger partial charge in [-0.2, -0.15) is 0 Å². The van der Waals surface area contributed by atoms with Crippen LogP contribution in [0.5, 0.6) is 11.5 Å². The van der Waals surface area contributed by atoms with Crippen molar-refractivity contribution in [2.45, 2.75) is 45.8 Å². The molecule has 0 unspecified atom stereocenters. The van der Waals surface area contributed by atoms with Gasteiger partial charge in [0.2, 0.25) is 0 Å². The van der Waals surface area contributed by atoms with Gasteiger partial charge in [0.05, 0.1) is 22.6 Å². The van der Waals surface area contributed by atoms with Crippen LogP contribution in [0.25, 0.3) is 0 Å². The highest BCUT2D eigenvalue weighted by Gasteiger charge is 2.51. The summed E-state index contributed by atoms with van der Waals surface area (Å²) < 4.78 is 18.8. The van der Waals surface area contributed by atoms with Crippen molar-refractivity contribution in [3.8, 4) is 11.5 Å². The topological polar surface area (TPSA) is 30.9 Å². The van der Waals surface area contributed by atoms with Crippen molar-refractivity contribution in [3.63, 3.8) is 0 Å². The molecule has 1 saturated heterocycles. The molecule has 152 valence electrons. The van der Waals surface area contributed by atoms with Crippen LogP contribution in [-0.2, 0) is 9.31 Å². The zero-order chi connectivity index (χ0) is 21.1. The third-order valence-corrected chi connectivity index (χ3v) is 6.34. The van der Waals surface area contributed by atoms with E-state index in [1.165, 1.54) is 5.56 Å². The van der Waals surface area contributed by atoms with Crippen LogP contribution in [-0.4, -0.2) is 18.3 Å². The van der Waals surface area contributed by atoms with E-state index in [1.807, 2.05) is 24.3 Å². The van der Waals surface area contributed by atoms with Crippen molar-refractivity contribution in [3.05, 3.63) is 72.3 Å². The first kappa shape index (κ1) is 19.2. The highest BCUT2D eigenvalue weighted by molar-refractivity contribution is 6.62. The number of fused-ring (bicyclic) bond motifs is 2. The Morgan fingerprint density at radius 3 is 2.17 bits per heavy atom. The number of hydrogen-bond donors (Lipinski definition) is 0. The molecule has 3 aromatic carbocycles. The Morgan fingerprint density at radius 1 is 0.733 bits per heavy atom. The summed E-state index contributed by atoms with van der Waals surface area (Å²) in [6, 6.07) is 22.8. The second-order valence-corrected chi connectivity index (χ2v) is 9.06. The molecule has 0 aliphatic carbocycles. The first-order chi connectivity index (χ1) is 14.2. The fraction of sp³-hybridized carbons (Fsp3) is 0.280. The predicted octanol–water partition coefficient (Wildman–Crippen LogP) is 5.87. The Kier molecular flexibility index (Phi) is 4.25. The van der Waals surface area contributed by atoms with E-state index in [0.717, 1.165) is 34.0 Å². The SMILES string of the molecule is Cc1cccc(N2c3ccccc3Oc3cc(B4OC(C)(C)C(C)(C)O4)ccc32)c1. The maximum Gasteiger partial charge on any atom is 0.494 e. The Hall–Kier alpha value is -2.76. The molecule has 3 aromatic rings. The van der Waals surface area contributed by atoms with Crippen LogP contribution in [0.1, 0.15) is 33.3 Å². The van der Waals surface area contributed by atoms with Crippen LogP contribution >= 0.6 is 0 Å². The number of hydrogen-bond acceptors (Lipinski definition) is 4. The quantitative estimate of drug-likeness (QED) is 0.395. The smallest absolute Gasteiger partial charge is 0.453 e. The lowest BCUT2D eigenvalue weighted by molar-refractivity contribution is 0.00578. The van der Waals surface area contributed by atoms with Gasteiger partial charge in [0.25, 0.3) is 0 Å². The van der Waals surface area contributed by atoms with E-state index < -0.39 is 7.12 Å². The van der Waals surface area contributed by atoms with Gasteiger partial charge in [-0.15, -0.1) is 0 Å². The summed E-state index contributed by atoms with van der Waals surface area (Å²) in [5, 5.41) is 0. The molecule has 2 aliphatic rings. The fourth-order valence-corrected chi connectivity index (χ4v) is 3.94. The zero-order valence-electron chi connectivity index (χ0n) is 18.1. The molecule has 2 heterocycles. The summed E-state index contributed by atoms with van der Waals surface area (Å²) in [4.78, 5) is 2.25. The second kappa shape index (κ2) is 6.63. The van der Waals surface area contributed by atoms with Gasteiger partial charge in [0, 0.05) is 5.69 Å². The monoisotopic (exact) mass is 399 g/mol. The summed E-state index contributed by atoms with van der Waals surface area (Å²) in [6.45, 7) is 10.4. The lowest BCUT2D eigenvalue weighted by atomic mass is 9.79. The van der Waals surface area contributed by atoms with Gasteiger partial charge in [-0.25, -0.2) is 0 Å². The molecule has 0 bridgehead atoms. The zero-order valence-corrected chi connectivity index (χ0v) is 18.1. The number of para-hydroxylation sites is 2. The molecule has 0 aromatic heterocycles. The van der Waals surface area contributed by atoms with Crippen LogP contribution in [0.2, 0.25) is 0 Å². The molecule has 30 heavy (non-hydrogen) atoms. The molecular formula is C25H26BNO3. The van der Waals surface area contributed by atoms with Gasteiger partial charge in [-0.3, -0.25) is 0 Å². The summed E-state index contributed by atoms with van der Waals surface area (Å²) in [7, 11) is -0.423. The Labute approximate surface area is 178 Å². The van der Waals surface area contributed by atoms with Crippen molar-refractivity contribution < 1.29 is 14.0 Å². The van der Waals surface area contributed by atoms with Crippen LogP contribution < -0.4 is 15.1 Å². The lowest BCUT2D eigenvalue weighted by Crippen LogP contribution is -2.41. The standard InChI is InChI=1S/C25H26BNO3/c1-17-9-8-10-19(15-17)27-20-11-6-7-12-22(20)28-23-16-18(13-14-21(23)27)26-29-24(2,3)25(4,5)30-26/h6-16H,1-5H3. The van der Waals surface area contributed by atoms with E-state index >= 15 is 0 Å². The van der Waals surface area contributed by atoms with Crippen molar-refractivity contribution in [2.24, 2.45) is 0 Å². The summed E-state index contributed by atoms with van der Waals surface area (Å²) in [5.41, 5.74) is 4.54. The van der Waals surface area contributed by atoms with Gasteiger partial charge >= 0.3 is 7.12 Å². The molecule has 4 nitrogen and oxygen atoms in total. The molecule has 0 N–H and O–H groups in total. The van der Waals surface area contributed by atoms with E-state index in [2.05, 4.69) is 82.0 Å². The molecule has 5 heteroatoms. The van der Waals surface area contributed by atoms with Gasteiger partial charge in [-0.1, -0.05) is 30.3 Å². The Morgan fingerprint density at radius 2 is 1.43 bits per heavy atom. The minimum atomic E-state index is -0.423. The van der Waals surface area contributed by atoms with Gasteiger partial charge in [-0.05, 0) is 82.0 Å². The van der Waals surface area contributed by atoms with Crippen molar-refractivity contribution in [1.82, 2.24) is 0 Å². The van der Waals surface area contributed by atoms with E-state index in [-0.39, 0.29) is 11.2 Å². The average Bonchev–Trinajstić information content (AvgIpc) is 2.93. The molecule has 0 spiro atoms. The molecule has 5 rings (SSSR count). The predicted molar refractivity (Wildman–Crippen MR) is 122 cm³/mol. The van der Waals surface area contributed by atoms with E-state index in [0.29, 0.717) is 0 Å². The van der Waals surface area contributed by atoms with Gasteiger partial charge in [0.1, 0.15) is 0 Å². The first-order valence-corrected chi connectivity index (χ1v) is 10.4. The Balaban J connectivity index is 1.59. The molecule has 1 fully saturated rings. The summed E-state index contributed by atoms with van der Waals surface area (Å²) in [6.07, 6.45) is 0. The minimum absolute atomic E-state index is 0.380. The van der Waals surface area contributed by atoms with Gasteiger partial charge in [0.15, 0.2) is 11.5 Å². The molecule has 0 saturated carbocycles. The van der Waals surface area contributed by atoms with E-state index in [9.17, 15) is 0 Å². The normalized spacial score (nSPS) is 18.6. The Bertz CT molecular complexity index is 1110. The largest absolute Gasteiger partial charge is 0.494 e. The number of aryl methyl sites for hydroxylation is 1. The van der Waals surface area contributed by atoms with Crippen molar-refractivity contribution in [2.75, 3.05) is 4.90 Å². The molecule has 0 atom stereocenters. The number of anilines is 3. The average molecular weight is 399 g/mol. The highest BCUT2D eigenvalue weighted by Crippen LogP contribution is 2.50. The molecule has 2 aliphatic heterocycles. The van der Waals surface area contributed by atoms with Crippen LogP contribution in [0.15, 0.2) is 66.7 Å². The van der Waals surface area contributed by atoms with E-state index in [4.69, 9.17) is 14.0 Å². The van der Waals surface area contributed by atoms with Crippen LogP contribution in [0.4, 0.5) is 17.1 Å². The number of rotatable bonds is 2. The van der Waals surface area contributed by atoms with Crippen LogP contribution in [0.3, 0.4) is 0 Å². The van der Waals surface area contributed by atoms with E-state index in [1.54, 1.807) is 0 Å². The number of benzene rings is 3. The lowest BCUT2D eigenvalue weighted by Gasteiger charge is -2.33. The summed E-state index contributed by atoms with van der Waals surface area (Å²) >= 11 is 0. The van der Waals surface area contributed by atoms with Crippen molar-refractivity contribution in [1.29, 1.82) is 0 Å². The maximum absolute atomic E-state index is 6.31. The third kappa shape index (κ3) is 3.01. The maximum atomic E-state index is 6.31. The van der Waals surface area contributed by atoms with Crippen LogP contribution in [0, 0.1) is 6.92 Å². The molecule has 0 amide bonds. The minimum Gasteiger partial charge on any atom is -0.453 e. The highest BCUT2D eigenvalue weighted by atomic mass is 16.7. The molecule has 0 radical (unpaired) electrons.